The van der Waals surface area contributed by atoms with E-state index in [-0.39, 0.29) is 0 Å². The number of hydrogen-bond acceptors (Lipinski definition) is 0. The fraction of sp³-hybridized carbons (Fsp3) is 0.182. The highest BCUT2D eigenvalue weighted by Gasteiger charge is 2.62. The SMILES string of the molecule is Cc1ccc([P+](c2ccc(C)cc2)(c2ccc(C)cc2)C(F)(Br)Br)cc1. The Morgan fingerprint density at radius 2 is 0.808 bits per heavy atom. The van der Waals surface area contributed by atoms with Crippen LogP contribution < -0.4 is 15.9 Å². The molecule has 0 saturated heterocycles. The van der Waals surface area contributed by atoms with Gasteiger partial charge in [0.2, 0.25) is 0 Å². The third kappa shape index (κ3) is 3.54. The van der Waals surface area contributed by atoms with Crippen molar-refractivity contribution in [2.45, 2.75) is 24.0 Å². The monoisotopic (exact) mass is 493 g/mol. The van der Waals surface area contributed by atoms with E-state index in [1.54, 1.807) is 0 Å². The third-order valence-electron chi connectivity index (χ3n) is 4.64. The maximum Gasteiger partial charge on any atom is 0.335 e. The summed E-state index contributed by atoms with van der Waals surface area (Å²) in [6.07, 6.45) is 0. The molecule has 0 atom stereocenters. The Hall–Kier alpha value is -1.02. The zero-order chi connectivity index (χ0) is 18.9. The van der Waals surface area contributed by atoms with Gasteiger partial charge in [-0.05, 0) is 57.2 Å². The van der Waals surface area contributed by atoms with Crippen LogP contribution in [0.1, 0.15) is 16.7 Å². The smallest absolute Gasteiger partial charge is 0.176 e. The van der Waals surface area contributed by atoms with Crippen LogP contribution in [0.25, 0.3) is 0 Å². The van der Waals surface area contributed by atoms with Gasteiger partial charge in [0.05, 0.1) is 0 Å². The van der Waals surface area contributed by atoms with E-state index in [9.17, 15) is 0 Å². The van der Waals surface area contributed by atoms with Crippen molar-refractivity contribution < 1.29 is 4.39 Å². The van der Waals surface area contributed by atoms with Crippen LogP contribution in [0.3, 0.4) is 0 Å². The molecular weight excluding hydrogens is 474 g/mol. The molecule has 0 saturated carbocycles. The highest BCUT2D eigenvalue weighted by molar-refractivity contribution is 9.27. The highest BCUT2D eigenvalue weighted by Crippen LogP contribution is 2.72. The average Bonchev–Trinajstić information content (AvgIpc) is 2.59. The van der Waals surface area contributed by atoms with Gasteiger partial charge in [0, 0.05) is 31.9 Å². The molecule has 26 heavy (non-hydrogen) atoms. The third-order valence-corrected chi connectivity index (χ3v) is 11.8. The van der Waals surface area contributed by atoms with Gasteiger partial charge in [-0.2, -0.15) is 4.39 Å². The molecule has 4 heteroatoms. The molecule has 0 bridgehead atoms. The summed E-state index contributed by atoms with van der Waals surface area (Å²) < 4.78 is 14.2. The van der Waals surface area contributed by atoms with Gasteiger partial charge in [-0.25, -0.2) is 0 Å². The summed E-state index contributed by atoms with van der Waals surface area (Å²) in [6, 6.07) is 24.7. The summed E-state index contributed by atoms with van der Waals surface area (Å²) in [4.78, 5) is 0. The summed E-state index contributed by atoms with van der Waals surface area (Å²) in [7, 11) is -2.63. The van der Waals surface area contributed by atoms with E-state index in [0.29, 0.717) is 0 Å². The quantitative estimate of drug-likeness (QED) is 0.296. The first-order valence-corrected chi connectivity index (χ1v) is 11.8. The molecule has 0 N–H and O–H groups in total. The minimum Gasteiger partial charge on any atom is -0.176 e. The van der Waals surface area contributed by atoms with Gasteiger partial charge in [0.15, 0.2) is 7.26 Å². The molecule has 134 valence electrons. The maximum absolute atomic E-state index is 16.0. The standard InChI is InChI=1S/C22H21Br2FP/c1-16-4-10-19(11-5-16)26(22(23,24)25,20-12-6-17(2)7-13-20)21-14-8-18(3)9-15-21/h4-15H,1-3H3/q+1. The molecule has 3 aromatic rings. The number of hydrogen-bond donors (Lipinski definition) is 0. The normalized spacial score (nSPS) is 12.2. The Balaban J connectivity index is 2.40. The number of rotatable bonds is 4. The van der Waals surface area contributed by atoms with Crippen LogP contribution in [-0.4, -0.2) is 3.23 Å². The molecular formula is C22H21Br2FP+. The Labute approximate surface area is 172 Å². The van der Waals surface area contributed by atoms with Gasteiger partial charge in [-0.1, -0.05) is 53.1 Å². The van der Waals surface area contributed by atoms with Crippen molar-refractivity contribution in [1.29, 1.82) is 0 Å². The maximum atomic E-state index is 16.0. The lowest BCUT2D eigenvalue weighted by Crippen LogP contribution is -2.39. The zero-order valence-corrected chi connectivity index (χ0v) is 19.1. The van der Waals surface area contributed by atoms with E-state index >= 15 is 4.39 Å². The minimum absolute atomic E-state index is 0.993. The van der Waals surface area contributed by atoms with E-state index in [0.717, 1.165) is 32.6 Å². The molecule has 0 heterocycles. The van der Waals surface area contributed by atoms with E-state index in [2.05, 4.69) is 105 Å². The van der Waals surface area contributed by atoms with Crippen molar-refractivity contribution in [3.63, 3.8) is 0 Å². The van der Waals surface area contributed by atoms with Gasteiger partial charge >= 0.3 is 3.23 Å². The topological polar surface area (TPSA) is 0 Å². The average molecular weight is 495 g/mol. The number of alkyl halides is 3. The van der Waals surface area contributed by atoms with Gasteiger partial charge in [-0.15, -0.1) is 0 Å². The fourth-order valence-electron chi connectivity index (χ4n) is 3.19. The van der Waals surface area contributed by atoms with Crippen LogP contribution in [0.4, 0.5) is 4.39 Å². The van der Waals surface area contributed by atoms with Crippen LogP contribution >= 0.6 is 39.1 Å². The summed E-state index contributed by atoms with van der Waals surface area (Å²) in [5.41, 5.74) is 3.48. The van der Waals surface area contributed by atoms with Gasteiger partial charge in [0.1, 0.15) is 15.9 Å². The largest absolute Gasteiger partial charge is 0.335 e. The molecule has 0 spiro atoms. The Bertz CT molecular complexity index is 768. The molecule has 0 fully saturated rings. The van der Waals surface area contributed by atoms with Crippen LogP contribution in [0.15, 0.2) is 72.8 Å². The lowest BCUT2D eigenvalue weighted by molar-refractivity contribution is 0.542. The van der Waals surface area contributed by atoms with Gasteiger partial charge < -0.3 is 0 Å². The van der Waals surface area contributed by atoms with Crippen LogP contribution in [0, 0.1) is 20.8 Å². The first-order chi connectivity index (χ1) is 12.2. The molecule has 3 rings (SSSR count). The second-order valence-electron chi connectivity index (χ2n) is 6.65. The number of benzene rings is 3. The fourth-order valence-corrected chi connectivity index (χ4v) is 10.4. The predicted molar refractivity (Wildman–Crippen MR) is 121 cm³/mol. The first kappa shape index (κ1) is 19.7. The van der Waals surface area contributed by atoms with E-state index < -0.39 is 10.5 Å². The Kier molecular flexibility index (Phi) is 5.72. The summed E-state index contributed by atoms with van der Waals surface area (Å²) in [6.45, 7) is 6.14. The first-order valence-electron chi connectivity index (χ1n) is 8.43. The summed E-state index contributed by atoms with van der Waals surface area (Å²) in [5.74, 6) is 0. The molecule has 0 unspecified atom stereocenters. The van der Waals surface area contributed by atoms with Crippen molar-refractivity contribution in [1.82, 2.24) is 0 Å². The number of aryl methyl sites for hydroxylation is 3. The summed E-state index contributed by atoms with van der Waals surface area (Å²) in [5, 5.41) is 2.98. The van der Waals surface area contributed by atoms with Gasteiger partial charge in [0.25, 0.3) is 0 Å². The van der Waals surface area contributed by atoms with Crippen molar-refractivity contribution in [2.75, 3.05) is 0 Å². The summed E-state index contributed by atoms with van der Waals surface area (Å²) >= 11 is 6.73. The molecule has 0 aliphatic heterocycles. The van der Waals surface area contributed by atoms with Crippen molar-refractivity contribution in [3.05, 3.63) is 89.5 Å². The Morgan fingerprint density at radius 3 is 1.00 bits per heavy atom. The van der Waals surface area contributed by atoms with Crippen molar-refractivity contribution in [2.24, 2.45) is 0 Å². The molecule has 0 amide bonds. The zero-order valence-electron chi connectivity index (χ0n) is 15.0. The molecule has 0 nitrogen and oxygen atoms in total. The lowest BCUT2D eigenvalue weighted by Gasteiger charge is -2.32. The second-order valence-corrected chi connectivity index (χ2v) is 14.6. The van der Waals surface area contributed by atoms with E-state index in [1.807, 2.05) is 20.8 Å². The van der Waals surface area contributed by atoms with Crippen LogP contribution in [-0.2, 0) is 0 Å². The van der Waals surface area contributed by atoms with Crippen molar-refractivity contribution in [3.8, 4) is 0 Å². The molecule has 0 radical (unpaired) electrons. The van der Waals surface area contributed by atoms with Crippen LogP contribution in [0.5, 0.6) is 0 Å². The minimum atomic E-state index is -2.63. The van der Waals surface area contributed by atoms with Crippen LogP contribution in [0.2, 0.25) is 0 Å². The second kappa shape index (κ2) is 7.54. The molecule has 0 aliphatic rings. The van der Waals surface area contributed by atoms with E-state index in [1.165, 1.54) is 0 Å². The molecule has 0 aromatic heterocycles. The van der Waals surface area contributed by atoms with E-state index in [4.69, 9.17) is 0 Å². The Morgan fingerprint density at radius 1 is 0.577 bits per heavy atom. The number of halogens is 3. The molecule has 0 aliphatic carbocycles. The predicted octanol–water partition coefficient (Wildman–Crippen LogP) is 6.28. The lowest BCUT2D eigenvalue weighted by atomic mass is 10.2. The molecule has 3 aromatic carbocycles. The highest BCUT2D eigenvalue weighted by atomic mass is 79.9. The van der Waals surface area contributed by atoms with Gasteiger partial charge in [-0.3, -0.25) is 0 Å². The van der Waals surface area contributed by atoms with Crippen molar-refractivity contribution >= 4 is 55.0 Å².